The van der Waals surface area contributed by atoms with E-state index in [1.54, 1.807) is 34.1 Å². The highest BCUT2D eigenvalue weighted by Crippen LogP contribution is 2.36. The lowest BCUT2D eigenvalue weighted by molar-refractivity contribution is 0.0863. The molecule has 0 aliphatic rings. The monoisotopic (exact) mass is 385 g/mol. The molecular weight excluding hydrogens is 354 g/mol. The van der Waals surface area contributed by atoms with Crippen LogP contribution in [-0.2, 0) is 23.4 Å². The van der Waals surface area contributed by atoms with Gasteiger partial charge in [0.05, 0.1) is 20.3 Å². The largest absolute Gasteiger partial charge is 0.497 e. The molecule has 0 spiro atoms. The predicted octanol–water partition coefficient (Wildman–Crippen LogP) is 4.28. The maximum absolute atomic E-state index is 11.0. The molecule has 1 aromatic heterocycles. The maximum atomic E-state index is 11.0. The van der Waals surface area contributed by atoms with E-state index < -0.39 is 5.60 Å². The number of hydrogen-bond acceptors (Lipinski definition) is 5. The van der Waals surface area contributed by atoms with Crippen LogP contribution in [-0.4, -0.2) is 37.4 Å². The quantitative estimate of drug-likeness (QED) is 0.585. The molecule has 28 heavy (non-hydrogen) atoms. The van der Waals surface area contributed by atoms with E-state index in [4.69, 9.17) is 13.9 Å². The van der Waals surface area contributed by atoms with E-state index >= 15 is 0 Å². The molecule has 1 heterocycles. The zero-order chi connectivity index (χ0) is 20.7. The van der Waals surface area contributed by atoms with E-state index in [1.807, 2.05) is 24.3 Å². The minimum absolute atomic E-state index is 0.440. The molecule has 0 radical (unpaired) electrons. The first-order chi connectivity index (χ1) is 13.3. The van der Waals surface area contributed by atoms with Crippen LogP contribution in [0.25, 0.3) is 0 Å². The third-order valence-electron chi connectivity index (χ3n) is 4.78. The van der Waals surface area contributed by atoms with Gasteiger partial charge in [0.25, 0.3) is 0 Å². The summed E-state index contributed by atoms with van der Waals surface area (Å²) < 4.78 is 16.6. The summed E-state index contributed by atoms with van der Waals surface area (Å²) in [5, 5.41) is 11.0. The lowest BCUT2D eigenvalue weighted by Gasteiger charge is -2.27. The number of hydrogen-bond donors (Lipinski definition) is 1. The molecule has 0 aliphatic heterocycles. The van der Waals surface area contributed by atoms with Crippen LogP contribution in [0.3, 0.4) is 0 Å². The van der Waals surface area contributed by atoms with Crippen LogP contribution in [0.4, 0.5) is 0 Å². The number of benzene rings is 1. The van der Waals surface area contributed by atoms with Gasteiger partial charge in [-0.15, -0.1) is 0 Å². The van der Waals surface area contributed by atoms with Gasteiger partial charge >= 0.3 is 0 Å². The van der Waals surface area contributed by atoms with Crippen molar-refractivity contribution in [3.8, 4) is 5.75 Å². The van der Waals surface area contributed by atoms with Crippen molar-refractivity contribution in [2.75, 3.05) is 27.4 Å². The first kappa shape index (κ1) is 22.0. The van der Waals surface area contributed by atoms with Crippen molar-refractivity contribution in [1.29, 1.82) is 0 Å². The number of ether oxygens (including phenoxy) is 2. The molecule has 1 aromatic carbocycles. The highest BCUT2D eigenvalue weighted by Gasteiger charge is 2.34. The molecule has 0 bridgehead atoms. The normalized spacial score (nSPS) is 11.6. The Morgan fingerprint density at radius 3 is 2.43 bits per heavy atom. The number of furan rings is 1. The van der Waals surface area contributed by atoms with Crippen LogP contribution in [0.2, 0.25) is 0 Å². The van der Waals surface area contributed by atoms with Gasteiger partial charge in [-0.1, -0.05) is 25.3 Å². The lowest BCUT2D eigenvalue weighted by Crippen LogP contribution is -2.28. The van der Waals surface area contributed by atoms with E-state index in [2.05, 4.69) is 24.1 Å². The standard InChI is InChI=1S/C23H31NO4/c1-17(2)23(25,18(3)4)22-11-10-21(28-22)16-24(12-13-26-5)15-19-8-7-9-20(14-19)27-6/h7-11,14,25H,1,3,12-13,15-16H2,2,4-6H3. The summed E-state index contributed by atoms with van der Waals surface area (Å²) in [4.78, 5) is 2.22. The van der Waals surface area contributed by atoms with Crippen LogP contribution in [0.5, 0.6) is 5.75 Å². The summed E-state index contributed by atoms with van der Waals surface area (Å²) in [6.45, 7) is 14.0. The van der Waals surface area contributed by atoms with Gasteiger partial charge in [-0.3, -0.25) is 4.90 Å². The second kappa shape index (κ2) is 9.73. The molecule has 0 atom stereocenters. The van der Waals surface area contributed by atoms with Crippen molar-refractivity contribution in [1.82, 2.24) is 4.90 Å². The Morgan fingerprint density at radius 2 is 1.82 bits per heavy atom. The average Bonchev–Trinajstić information content (AvgIpc) is 3.14. The Bertz CT molecular complexity index is 794. The molecule has 2 aromatic rings. The zero-order valence-corrected chi connectivity index (χ0v) is 17.3. The molecule has 152 valence electrons. The third-order valence-corrected chi connectivity index (χ3v) is 4.78. The van der Waals surface area contributed by atoms with Gasteiger partial charge < -0.3 is 19.0 Å². The number of aliphatic hydroxyl groups is 1. The van der Waals surface area contributed by atoms with Gasteiger partial charge in [0.15, 0.2) is 5.60 Å². The van der Waals surface area contributed by atoms with Crippen molar-refractivity contribution < 1.29 is 19.0 Å². The van der Waals surface area contributed by atoms with E-state index in [1.165, 1.54) is 0 Å². The summed E-state index contributed by atoms with van der Waals surface area (Å²) in [6.07, 6.45) is 0. The summed E-state index contributed by atoms with van der Waals surface area (Å²) in [7, 11) is 3.35. The second-order valence-corrected chi connectivity index (χ2v) is 7.09. The first-order valence-electron chi connectivity index (χ1n) is 9.29. The minimum atomic E-state index is -1.36. The van der Waals surface area contributed by atoms with E-state index in [0.29, 0.717) is 30.1 Å². The number of rotatable bonds is 11. The van der Waals surface area contributed by atoms with Crippen LogP contribution >= 0.6 is 0 Å². The van der Waals surface area contributed by atoms with Crippen LogP contribution in [0, 0.1) is 0 Å². The third kappa shape index (κ3) is 5.13. The molecule has 0 fully saturated rings. The average molecular weight is 386 g/mol. The number of methoxy groups -OCH3 is 2. The fourth-order valence-corrected chi connectivity index (χ4v) is 3.13. The smallest absolute Gasteiger partial charge is 0.163 e. The lowest BCUT2D eigenvalue weighted by atomic mass is 9.87. The predicted molar refractivity (Wildman–Crippen MR) is 111 cm³/mol. The van der Waals surface area contributed by atoms with Crippen molar-refractivity contribution in [2.45, 2.75) is 32.5 Å². The minimum Gasteiger partial charge on any atom is -0.497 e. The van der Waals surface area contributed by atoms with E-state index in [9.17, 15) is 5.11 Å². The molecule has 0 aliphatic carbocycles. The van der Waals surface area contributed by atoms with Gasteiger partial charge in [-0.25, -0.2) is 0 Å². The van der Waals surface area contributed by atoms with Gasteiger partial charge in [-0.2, -0.15) is 0 Å². The maximum Gasteiger partial charge on any atom is 0.163 e. The Morgan fingerprint density at radius 1 is 1.11 bits per heavy atom. The Labute approximate surface area is 167 Å². The highest BCUT2D eigenvalue weighted by atomic mass is 16.5. The molecule has 2 rings (SSSR count). The van der Waals surface area contributed by atoms with Crippen molar-refractivity contribution >= 4 is 0 Å². The number of nitrogens with zero attached hydrogens (tertiary/aromatic N) is 1. The van der Waals surface area contributed by atoms with Gasteiger partial charge in [0, 0.05) is 20.2 Å². The molecule has 5 nitrogen and oxygen atoms in total. The van der Waals surface area contributed by atoms with Crippen LogP contribution < -0.4 is 4.74 Å². The molecule has 1 N–H and O–H groups in total. The second-order valence-electron chi connectivity index (χ2n) is 7.09. The zero-order valence-electron chi connectivity index (χ0n) is 17.3. The van der Waals surface area contributed by atoms with Gasteiger partial charge in [-0.05, 0) is 54.8 Å². The van der Waals surface area contributed by atoms with Crippen LogP contribution in [0.1, 0.15) is 30.9 Å². The van der Waals surface area contributed by atoms with Crippen molar-refractivity contribution in [3.63, 3.8) is 0 Å². The molecule has 0 unspecified atom stereocenters. The van der Waals surface area contributed by atoms with Gasteiger partial charge in [0.1, 0.15) is 17.3 Å². The SMILES string of the molecule is C=C(C)C(O)(C(=C)C)c1ccc(CN(CCOC)Cc2cccc(OC)c2)o1. The topological polar surface area (TPSA) is 55.1 Å². The fraction of sp³-hybridized carbons (Fsp3) is 0.391. The molecular formula is C23H31NO4. The van der Waals surface area contributed by atoms with Crippen molar-refractivity contribution in [2.24, 2.45) is 0 Å². The highest BCUT2D eigenvalue weighted by molar-refractivity contribution is 5.35. The molecule has 0 saturated carbocycles. The van der Waals surface area contributed by atoms with E-state index in [0.717, 1.165) is 30.2 Å². The Hall–Kier alpha value is -2.34. The first-order valence-corrected chi connectivity index (χ1v) is 9.29. The summed E-state index contributed by atoms with van der Waals surface area (Å²) >= 11 is 0. The summed E-state index contributed by atoms with van der Waals surface area (Å²) in [6, 6.07) is 11.7. The molecule has 5 heteroatoms. The van der Waals surface area contributed by atoms with Gasteiger partial charge in [0.2, 0.25) is 0 Å². The molecule has 0 amide bonds. The summed E-state index contributed by atoms with van der Waals surface area (Å²) in [5.74, 6) is 2.03. The van der Waals surface area contributed by atoms with E-state index in [-0.39, 0.29) is 0 Å². The van der Waals surface area contributed by atoms with Crippen LogP contribution in [0.15, 0.2) is 65.1 Å². The Kier molecular flexibility index (Phi) is 7.63. The summed E-state index contributed by atoms with van der Waals surface area (Å²) in [5.41, 5.74) is 0.937. The Balaban J connectivity index is 2.19. The van der Waals surface area contributed by atoms with Crippen molar-refractivity contribution in [3.05, 3.63) is 77.8 Å². The fourth-order valence-electron chi connectivity index (χ4n) is 3.13. The molecule has 0 saturated heterocycles.